The quantitative estimate of drug-likeness (QED) is 0.355. The Kier molecular flexibility index (Phi) is 5.57. The Morgan fingerprint density at radius 1 is 1.06 bits per heavy atom. The molecule has 33 heavy (non-hydrogen) atoms. The van der Waals surface area contributed by atoms with E-state index in [0.717, 1.165) is 42.3 Å². The minimum Gasteiger partial charge on any atom is -0.364 e. The van der Waals surface area contributed by atoms with E-state index < -0.39 is 5.91 Å². The molecule has 0 radical (unpaired) electrons. The number of anilines is 3. The lowest BCUT2D eigenvalue weighted by molar-refractivity contribution is 0.0995. The van der Waals surface area contributed by atoms with E-state index in [-0.39, 0.29) is 23.6 Å². The molecule has 168 valence electrons. The Hall–Kier alpha value is -4.05. The summed E-state index contributed by atoms with van der Waals surface area (Å²) in [5, 5.41) is 20.1. The van der Waals surface area contributed by atoms with Gasteiger partial charge in [-0.05, 0) is 43.2 Å². The first-order chi connectivity index (χ1) is 16.1. The average Bonchev–Trinajstić information content (AvgIpc) is 3.25. The number of primary amides is 1. The molecule has 4 aromatic rings. The van der Waals surface area contributed by atoms with Crippen LogP contribution in [0.15, 0.2) is 54.7 Å². The Labute approximate surface area is 190 Å². The Bertz CT molecular complexity index is 1290. The highest BCUT2D eigenvalue weighted by Crippen LogP contribution is 2.25. The lowest BCUT2D eigenvalue weighted by Crippen LogP contribution is -2.43. The van der Waals surface area contributed by atoms with Gasteiger partial charge in [-0.25, -0.2) is 4.68 Å². The van der Waals surface area contributed by atoms with E-state index in [1.807, 2.05) is 59.4 Å². The van der Waals surface area contributed by atoms with Gasteiger partial charge in [0.1, 0.15) is 0 Å². The summed E-state index contributed by atoms with van der Waals surface area (Å²) in [7, 11) is 0. The van der Waals surface area contributed by atoms with Gasteiger partial charge in [0.15, 0.2) is 11.5 Å². The number of para-hydroxylation sites is 1. The van der Waals surface area contributed by atoms with Crippen molar-refractivity contribution in [1.82, 2.24) is 25.0 Å². The summed E-state index contributed by atoms with van der Waals surface area (Å²) in [6.45, 7) is 0. The first kappa shape index (κ1) is 20.8. The number of aromatic nitrogens is 5. The first-order valence-corrected chi connectivity index (χ1v) is 11.0. The van der Waals surface area contributed by atoms with Gasteiger partial charge in [0.2, 0.25) is 5.95 Å². The number of carbonyl (C=O) groups is 1. The van der Waals surface area contributed by atoms with Crippen molar-refractivity contribution in [2.45, 2.75) is 37.8 Å². The molecule has 0 spiro atoms. The van der Waals surface area contributed by atoms with Crippen LogP contribution in [0.5, 0.6) is 0 Å². The number of amides is 1. The van der Waals surface area contributed by atoms with Gasteiger partial charge in [-0.15, -0.1) is 10.2 Å². The summed E-state index contributed by atoms with van der Waals surface area (Å²) in [5.41, 5.74) is 14.1. The van der Waals surface area contributed by atoms with Crippen molar-refractivity contribution in [1.29, 1.82) is 0 Å². The molecule has 2 heterocycles. The number of fused-ring (bicyclic) bond motifs is 1. The number of nitrogens with zero attached hydrogens (tertiary/aromatic N) is 5. The summed E-state index contributed by atoms with van der Waals surface area (Å²) < 4.78 is 1.82. The van der Waals surface area contributed by atoms with Gasteiger partial charge in [-0.1, -0.05) is 31.0 Å². The molecule has 0 saturated heterocycles. The van der Waals surface area contributed by atoms with Crippen LogP contribution >= 0.6 is 0 Å². The van der Waals surface area contributed by atoms with E-state index in [4.69, 9.17) is 11.5 Å². The summed E-state index contributed by atoms with van der Waals surface area (Å²) >= 11 is 0. The smallest absolute Gasteiger partial charge is 0.273 e. The zero-order chi connectivity index (χ0) is 22.8. The van der Waals surface area contributed by atoms with E-state index >= 15 is 0 Å². The second kappa shape index (κ2) is 8.83. The molecule has 1 aliphatic carbocycles. The van der Waals surface area contributed by atoms with E-state index in [9.17, 15) is 4.79 Å². The van der Waals surface area contributed by atoms with Crippen LogP contribution in [0.3, 0.4) is 0 Å². The third kappa shape index (κ3) is 4.46. The standard InChI is InChI=1S/C23H25N9O/c24-17-8-4-5-9-18(17)27-23-28-22(20(21(25)33)29-30-23)26-15-11-10-14-13-32(31-19(14)12-15)16-6-2-1-3-7-16/h1-3,6-7,10-13,17-18H,4-5,8-9,24H2,(H2,25,33)(H2,26,27,28,30)/t17-,18+/m0/s1. The number of nitrogens with two attached hydrogens (primary N) is 2. The molecule has 5 rings (SSSR count). The largest absolute Gasteiger partial charge is 0.364 e. The number of benzene rings is 2. The fourth-order valence-corrected chi connectivity index (χ4v) is 4.09. The molecule has 2 aromatic carbocycles. The second-order valence-corrected chi connectivity index (χ2v) is 8.20. The third-order valence-electron chi connectivity index (χ3n) is 5.84. The van der Waals surface area contributed by atoms with Gasteiger partial charge in [0.05, 0.1) is 11.2 Å². The van der Waals surface area contributed by atoms with Crippen molar-refractivity contribution in [2.24, 2.45) is 11.5 Å². The molecule has 10 heteroatoms. The van der Waals surface area contributed by atoms with Crippen molar-refractivity contribution in [3.8, 4) is 5.69 Å². The van der Waals surface area contributed by atoms with Crippen LogP contribution in [0.4, 0.5) is 17.5 Å². The zero-order valence-corrected chi connectivity index (χ0v) is 18.0. The second-order valence-electron chi connectivity index (χ2n) is 8.20. The maximum atomic E-state index is 11.9. The molecule has 1 amide bonds. The van der Waals surface area contributed by atoms with Crippen LogP contribution in [0.25, 0.3) is 16.6 Å². The van der Waals surface area contributed by atoms with Crippen LogP contribution in [-0.2, 0) is 0 Å². The molecule has 1 fully saturated rings. The fourth-order valence-electron chi connectivity index (χ4n) is 4.09. The zero-order valence-electron chi connectivity index (χ0n) is 18.0. The molecule has 1 saturated carbocycles. The van der Waals surface area contributed by atoms with Crippen LogP contribution in [-0.4, -0.2) is 43.0 Å². The molecule has 0 aliphatic heterocycles. The average molecular weight is 444 g/mol. The predicted molar refractivity (Wildman–Crippen MR) is 127 cm³/mol. The SMILES string of the molecule is NC(=O)c1nnc(N[C@@H]2CCCC[C@@H]2N)nc1Nc1ccc2cn(-c3ccccc3)nc2c1. The van der Waals surface area contributed by atoms with Gasteiger partial charge >= 0.3 is 0 Å². The minimum absolute atomic E-state index is 0.0247. The highest BCUT2D eigenvalue weighted by molar-refractivity contribution is 5.96. The van der Waals surface area contributed by atoms with Gasteiger partial charge in [0.25, 0.3) is 5.91 Å². The lowest BCUT2D eigenvalue weighted by Gasteiger charge is -2.29. The molecule has 10 nitrogen and oxygen atoms in total. The van der Waals surface area contributed by atoms with Gasteiger partial charge in [-0.2, -0.15) is 10.1 Å². The minimum atomic E-state index is -0.715. The lowest BCUT2D eigenvalue weighted by atomic mass is 9.91. The van der Waals surface area contributed by atoms with Gasteiger partial charge in [-0.3, -0.25) is 4.79 Å². The number of nitrogens with one attached hydrogen (secondary N) is 2. The maximum Gasteiger partial charge on any atom is 0.273 e. The Morgan fingerprint density at radius 3 is 2.67 bits per heavy atom. The molecular weight excluding hydrogens is 418 g/mol. The molecule has 0 bridgehead atoms. The van der Waals surface area contributed by atoms with E-state index in [0.29, 0.717) is 11.6 Å². The topological polar surface area (TPSA) is 150 Å². The van der Waals surface area contributed by atoms with E-state index in [2.05, 4.69) is 30.9 Å². The summed E-state index contributed by atoms with van der Waals surface area (Å²) in [6, 6.07) is 15.7. The number of carbonyl (C=O) groups excluding carboxylic acids is 1. The maximum absolute atomic E-state index is 11.9. The van der Waals surface area contributed by atoms with Crippen molar-refractivity contribution < 1.29 is 4.79 Å². The number of hydrogen-bond donors (Lipinski definition) is 4. The van der Waals surface area contributed by atoms with Crippen LogP contribution in [0, 0.1) is 0 Å². The van der Waals surface area contributed by atoms with Crippen molar-refractivity contribution >= 4 is 34.3 Å². The Morgan fingerprint density at radius 2 is 1.88 bits per heavy atom. The number of hydrogen-bond acceptors (Lipinski definition) is 8. The molecular formula is C23H25N9O. The van der Waals surface area contributed by atoms with Crippen molar-refractivity contribution in [3.05, 3.63) is 60.4 Å². The normalized spacial score (nSPS) is 18.2. The van der Waals surface area contributed by atoms with Crippen LogP contribution in [0.1, 0.15) is 36.2 Å². The summed E-state index contributed by atoms with van der Waals surface area (Å²) in [4.78, 5) is 16.4. The fraction of sp³-hybridized carbons (Fsp3) is 0.261. The highest BCUT2D eigenvalue weighted by atomic mass is 16.1. The monoisotopic (exact) mass is 443 g/mol. The highest BCUT2D eigenvalue weighted by Gasteiger charge is 2.23. The summed E-state index contributed by atoms with van der Waals surface area (Å²) in [6.07, 6.45) is 6.06. The molecule has 0 unspecified atom stereocenters. The first-order valence-electron chi connectivity index (χ1n) is 11.0. The van der Waals surface area contributed by atoms with Crippen molar-refractivity contribution in [2.75, 3.05) is 10.6 Å². The summed E-state index contributed by atoms with van der Waals surface area (Å²) in [5.74, 6) is -0.182. The Balaban J connectivity index is 1.42. The van der Waals surface area contributed by atoms with Crippen molar-refractivity contribution in [3.63, 3.8) is 0 Å². The van der Waals surface area contributed by atoms with Crippen LogP contribution < -0.4 is 22.1 Å². The molecule has 6 N–H and O–H groups in total. The molecule has 2 aromatic heterocycles. The third-order valence-corrected chi connectivity index (χ3v) is 5.84. The van der Waals surface area contributed by atoms with E-state index in [1.165, 1.54) is 0 Å². The predicted octanol–water partition coefficient (Wildman–Crippen LogP) is 2.73. The molecule has 1 aliphatic rings. The van der Waals surface area contributed by atoms with E-state index in [1.54, 1.807) is 0 Å². The van der Waals surface area contributed by atoms with Gasteiger partial charge < -0.3 is 22.1 Å². The number of rotatable bonds is 6. The van der Waals surface area contributed by atoms with Crippen LogP contribution in [0.2, 0.25) is 0 Å². The van der Waals surface area contributed by atoms with Gasteiger partial charge in [0, 0.05) is 29.4 Å². The molecule has 2 atom stereocenters.